The van der Waals surface area contributed by atoms with Gasteiger partial charge in [-0.3, -0.25) is 28.9 Å². The van der Waals surface area contributed by atoms with E-state index < -0.39 is 100.0 Å². The lowest BCUT2D eigenvalue weighted by Gasteiger charge is -2.27. The second-order valence-electron chi connectivity index (χ2n) is 14.9. The fourth-order valence-corrected chi connectivity index (χ4v) is 8.19. The molecule has 2 heterocycles. The molecule has 0 radical (unpaired) electrons. The molecule has 0 fully saturated rings. The Morgan fingerprint density at radius 2 is 1.14 bits per heavy atom. The smallest absolute Gasteiger partial charge is 0.349 e. The number of aliphatic carboxylic acids is 1. The molecule has 4 aromatic carbocycles. The van der Waals surface area contributed by atoms with Crippen molar-refractivity contribution in [2.45, 2.75) is 53.5 Å². The molecule has 0 saturated carbocycles. The predicted octanol–water partition coefficient (Wildman–Crippen LogP) is 4.81. The molecule has 4 amide bonds. The highest BCUT2D eigenvalue weighted by atomic mass is 32.2. The highest BCUT2D eigenvalue weighted by Crippen LogP contribution is 2.39. The number of carboxylic acids is 1. The Bertz CT molecular complexity index is 3280. The lowest BCUT2D eigenvalue weighted by atomic mass is 10.1. The van der Waals surface area contributed by atoms with Crippen LogP contribution in [0.2, 0.25) is 0 Å². The molecule has 7 N–H and O–H groups in total. The van der Waals surface area contributed by atoms with Gasteiger partial charge < -0.3 is 50.9 Å². The number of carbonyl (C=O) groups excluding carboxylic acids is 6. The first kappa shape index (κ1) is 50.8. The van der Waals surface area contributed by atoms with Crippen LogP contribution in [0.5, 0.6) is 23.0 Å². The molecule has 0 aliphatic carbocycles. The highest BCUT2D eigenvalue weighted by molar-refractivity contribution is 7.90. The summed E-state index contributed by atoms with van der Waals surface area (Å²) in [7, 11) is -4.59. The van der Waals surface area contributed by atoms with Crippen LogP contribution in [-0.4, -0.2) is 126 Å². The minimum atomic E-state index is -3.81. The zero-order chi connectivity index (χ0) is 63.3. The van der Waals surface area contributed by atoms with Crippen LogP contribution in [0.4, 0.5) is 11.4 Å². The summed E-state index contributed by atoms with van der Waals surface area (Å²) in [6.45, 7) is -6.00. The molecule has 6 rings (SSSR count). The van der Waals surface area contributed by atoms with Gasteiger partial charge in [0.1, 0.15) is 19.7 Å². The number of hydrogen-bond donors (Lipinski definition) is 5. The number of rotatable bonds is 15. The van der Waals surface area contributed by atoms with Gasteiger partial charge in [0.15, 0.2) is 23.0 Å². The molecule has 22 nitrogen and oxygen atoms in total. The number of benzene rings is 4. The summed E-state index contributed by atoms with van der Waals surface area (Å²) in [5.41, 5.74) is 11.6. The van der Waals surface area contributed by atoms with E-state index in [1.54, 1.807) is 12.1 Å². The van der Waals surface area contributed by atoms with Crippen LogP contribution in [0.1, 0.15) is 120 Å². The minimum absolute atomic E-state index is 0. The number of methoxy groups -OCH3 is 2. The fourth-order valence-electron chi connectivity index (χ4n) is 6.43. The number of sulfone groups is 2. The van der Waals surface area contributed by atoms with Gasteiger partial charge in [-0.05, 0) is 79.9 Å². The third kappa shape index (κ3) is 20.3. The number of amides is 4. The SMILES string of the molecule is CC(=O)Nc1cccc2c1C(=O)OC2=O.CC(=O)O.CCN.S.S.[2H]C([2H])([2H])C([2H])([2H])Oc1cc([C@@H](CS(C)(=O)=O)N2C(=O)c3cccc(NC(C)=O)c3C2=O)ccc1OC.[2H]C([2H])([2H])C([2H])([2H])Oc1cc([C@H](N)CS(C)(=O)=O)ccc1OC. The third-order valence-corrected chi connectivity index (χ3v) is 10.9. The van der Waals surface area contributed by atoms with Crippen molar-refractivity contribution in [3.63, 3.8) is 0 Å². The van der Waals surface area contributed by atoms with Crippen LogP contribution < -0.4 is 41.0 Å². The maximum absolute atomic E-state index is 13.4. The number of ether oxygens (including phenoxy) is 5. The first-order chi connectivity index (χ1) is 37.5. The van der Waals surface area contributed by atoms with Crippen molar-refractivity contribution in [3.8, 4) is 23.0 Å². The summed E-state index contributed by atoms with van der Waals surface area (Å²) >= 11 is 0. The first-order valence-electron chi connectivity index (χ1n) is 25.7. The molecule has 2 aliphatic heterocycles. The number of cyclic esters (lactones) is 2. The average molecular weight is 1120 g/mol. The van der Waals surface area contributed by atoms with E-state index in [4.69, 9.17) is 54.0 Å². The summed E-state index contributed by atoms with van der Waals surface area (Å²) in [5, 5.41) is 12.4. The number of hydrogen-bond acceptors (Lipinski definition) is 18. The number of fused-ring (bicyclic) bond motifs is 2. The average Bonchev–Trinajstić information content (AvgIpc) is 2.59. The molecule has 74 heavy (non-hydrogen) atoms. The Kier molecular flexibility index (Phi) is 21.4. The lowest BCUT2D eigenvalue weighted by molar-refractivity contribution is -0.134. The molecule has 4 aromatic rings. The molecular formula is C48H65N5O17S4. The van der Waals surface area contributed by atoms with Gasteiger partial charge in [0.05, 0.1) is 84.0 Å². The zero-order valence-corrected chi connectivity index (χ0v) is 44.7. The van der Waals surface area contributed by atoms with Crippen molar-refractivity contribution in [2.75, 3.05) is 68.5 Å². The van der Waals surface area contributed by atoms with Crippen molar-refractivity contribution in [1.82, 2.24) is 4.90 Å². The number of esters is 2. The number of imide groups is 1. The molecule has 0 bridgehead atoms. The number of nitrogens with zero attached hydrogens (tertiary/aromatic N) is 1. The summed E-state index contributed by atoms with van der Waals surface area (Å²) in [6.07, 6.45) is 1.95. The number of carbonyl (C=O) groups is 7. The number of nitrogens with one attached hydrogen (secondary N) is 2. The Labute approximate surface area is 458 Å². The van der Waals surface area contributed by atoms with Gasteiger partial charge >= 0.3 is 11.9 Å². The molecule has 0 unspecified atom stereocenters. The first-order valence-corrected chi connectivity index (χ1v) is 24.8. The van der Waals surface area contributed by atoms with Crippen molar-refractivity contribution in [2.24, 2.45) is 11.5 Å². The van der Waals surface area contributed by atoms with Gasteiger partial charge in [0.25, 0.3) is 17.8 Å². The summed E-state index contributed by atoms with van der Waals surface area (Å²) < 4.78 is 146. The Hall–Kier alpha value is -6.71. The van der Waals surface area contributed by atoms with E-state index in [9.17, 15) is 45.6 Å². The van der Waals surface area contributed by atoms with Crippen molar-refractivity contribution in [3.05, 3.63) is 106 Å². The number of anilines is 2. The van der Waals surface area contributed by atoms with Crippen LogP contribution in [-0.2, 0) is 38.8 Å². The van der Waals surface area contributed by atoms with Crippen LogP contribution in [0.25, 0.3) is 0 Å². The van der Waals surface area contributed by atoms with E-state index >= 15 is 0 Å². The van der Waals surface area contributed by atoms with E-state index in [0.29, 0.717) is 11.3 Å². The van der Waals surface area contributed by atoms with Gasteiger partial charge in [0.2, 0.25) is 11.8 Å². The summed E-state index contributed by atoms with van der Waals surface area (Å²) in [4.78, 5) is 81.4. The van der Waals surface area contributed by atoms with Crippen molar-refractivity contribution in [1.29, 1.82) is 0 Å². The Morgan fingerprint density at radius 1 is 0.703 bits per heavy atom. The normalized spacial score (nSPS) is 15.4. The Morgan fingerprint density at radius 3 is 1.57 bits per heavy atom. The molecule has 0 spiro atoms. The lowest BCUT2D eigenvalue weighted by Crippen LogP contribution is -2.37. The van der Waals surface area contributed by atoms with Gasteiger partial charge in [-0.2, -0.15) is 27.0 Å². The van der Waals surface area contributed by atoms with E-state index in [0.717, 1.165) is 36.9 Å². The Balaban J connectivity index is 0.00000125. The van der Waals surface area contributed by atoms with Crippen molar-refractivity contribution >= 4 is 99.6 Å². The summed E-state index contributed by atoms with van der Waals surface area (Å²) in [6, 6.07) is 14.5. The molecule has 0 saturated heterocycles. The second-order valence-corrected chi connectivity index (χ2v) is 19.3. The van der Waals surface area contributed by atoms with Crippen LogP contribution in [0.15, 0.2) is 72.8 Å². The zero-order valence-electron chi connectivity index (χ0n) is 51.1. The molecule has 408 valence electrons. The summed E-state index contributed by atoms with van der Waals surface area (Å²) in [5.74, 6) is -6.22. The number of nitrogens with two attached hydrogens (primary N) is 2. The van der Waals surface area contributed by atoms with E-state index in [1.165, 1.54) is 82.7 Å². The van der Waals surface area contributed by atoms with Gasteiger partial charge in [-0.25, -0.2) is 26.4 Å². The van der Waals surface area contributed by atoms with Crippen LogP contribution in [0, 0.1) is 0 Å². The van der Waals surface area contributed by atoms with Gasteiger partial charge in [-0.1, -0.05) is 31.2 Å². The fraction of sp³-hybridized carbons (Fsp3) is 0.354. The molecule has 0 aromatic heterocycles. The standard InChI is InChI=1S/C22H24N2O7S.C12H19NO4S.C10H7NO4.C2H7N.C2H4O2.2H2S/c1-5-31-19-11-14(9-10-18(19)30-3)17(12-32(4,28)29)24-21(26)15-7-6-8-16(23-13(2)25)20(15)22(24)27;1-4-17-12-7-9(5-6-11(12)16-2)10(13)8-18(3,14)15;1-5(12)11-7-4-2-3-6-8(7)10(14)15-9(6)13;1-2-3;1-2(3)4;;/h6-11,17H,5,12H2,1-4H3,(H,23,25);5-7,10H,4,8,13H2,1-3H3;2-4H,1H3,(H,11,12);2-3H2,1H3;1H3,(H,3,4);2*1H2/t17-;10-;;;;;/m11...../s1/i1D3,5D2;1D3,4D2;;;;;. The van der Waals surface area contributed by atoms with E-state index in [2.05, 4.69) is 15.4 Å². The monoisotopic (exact) mass is 1120 g/mol. The van der Waals surface area contributed by atoms with E-state index in [-0.39, 0.29) is 95.2 Å². The molecule has 2 atom stereocenters. The van der Waals surface area contributed by atoms with Gasteiger partial charge in [0, 0.05) is 47.5 Å². The van der Waals surface area contributed by atoms with E-state index in [1.807, 2.05) is 6.92 Å². The molecule has 26 heteroatoms. The maximum Gasteiger partial charge on any atom is 0.349 e. The molecule has 2 aliphatic rings. The number of carboxylic acid groups (broad SMARTS) is 1. The minimum Gasteiger partial charge on any atom is -0.493 e. The maximum atomic E-state index is 13.4. The van der Waals surface area contributed by atoms with Crippen molar-refractivity contribution < 1.29 is 92.9 Å². The largest absolute Gasteiger partial charge is 0.493 e. The van der Waals surface area contributed by atoms with Crippen LogP contribution >= 0.6 is 27.0 Å². The predicted molar refractivity (Wildman–Crippen MR) is 288 cm³/mol. The van der Waals surface area contributed by atoms with Gasteiger partial charge in [-0.15, -0.1) is 0 Å². The molecular weight excluding hydrogens is 1050 g/mol. The van der Waals surface area contributed by atoms with Crippen LogP contribution in [0.3, 0.4) is 0 Å². The second kappa shape index (κ2) is 31.1. The highest BCUT2D eigenvalue weighted by Gasteiger charge is 2.43. The topological polar surface area (TPSA) is 333 Å². The quantitative estimate of drug-likeness (QED) is 0.0606. The third-order valence-electron chi connectivity index (χ3n) is 9.01.